The molecule has 3 unspecified atom stereocenters. The van der Waals surface area contributed by atoms with Crippen molar-refractivity contribution in [1.29, 1.82) is 0 Å². The number of hydrogen-bond donors (Lipinski definition) is 0. The van der Waals surface area contributed by atoms with Crippen molar-refractivity contribution >= 4 is 5.91 Å². The van der Waals surface area contributed by atoms with Crippen molar-refractivity contribution in [3.63, 3.8) is 0 Å². The molecule has 5 nitrogen and oxygen atoms in total. The minimum absolute atomic E-state index is 0.0651. The van der Waals surface area contributed by atoms with Crippen LogP contribution in [0, 0.1) is 17.8 Å². The average molecular weight is 314 g/mol. The largest absolute Gasteiger partial charge is 0.451 e. The van der Waals surface area contributed by atoms with Crippen molar-refractivity contribution in [3.8, 4) is 0 Å². The number of alkyl halides is 3. The second-order valence-corrected chi connectivity index (χ2v) is 6.63. The lowest BCUT2D eigenvalue weighted by Crippen LogP contribution is -2.43. The summed E-state index contributed by atoms with van der Waals surface area (Å²) in [4.78, 5) is 14.3. The van der Waals surface area contributed by atoms with Crippen LogP contribution < -0.4 is 0 Å². The zero-order chi connectivity index (χ0) is 15.5. The molecule has 1 aliphatic heterocycles. The number of carbonyl (C=O) groups excluding carboxylic acids is 1. The molecular formula is C14H17F3N4O. The Bertz CT molecular complexity index is 612. The predicted octanol–water partition coefficient (Wildman–Crippen LogP) is 2.08. The highest BCUT2D eigenvalue weighted by Crippen LogP contribution is 2.49. The van der Waals surface area contributed by atoms with Gasteiger partial charge >= 0.3 is 6.18 Å². The summed E-state index contributed by atoms with van der Waals surface area (Å²) in [7, 11) is 0. The number of hydrogen-bond acceptors (Lipinski definition) is 3. The normalized spacial score (nSPS) is 30.7. The van der Waals surface area contributed by atoms with E-state index in [0.717, 1.165) is 23.8 Å². The Balaban J connectivity index is 1.51. The van der Waals surface area contributed by atoms with Crippen molar-refractivity contribution < 1.29 is 18.0 Å². The molecule has 0 N–H and O–H groups in total. The highest BCUT2D eigenvalue weighted by Gasteiger charge is 2.45. The summed E-state index contributed by atoms with van der Waals surface area (Å²) in [5.74, 6) is 0.571. The highest BCUT2D eigenvalue weighted by molar-refractivity contribution is 5.79. The van der Waals surface area contributed by atoms with Gasteiger partial charge in [0.2, 0.25) is 11.7 Å². The molecule has 1 aromatic heterocycles. The molecule has 4 rings (SSSR count). The number of carbonyl (C=O) groups is 1. The summed E-state index contributed by atoms with van der Waals surface area (Å²) >= 11 is 0. The molecule has 120 valence electrons. The van der Waals surface area contributed by atoms with Crippen molar-refractivity contribution in [3.05, 3.63) is 11.6 Å². The Morgan fingerprint density at radius 1 is 1.14 bits per heavy atom. The number of nitrogens with zero attached hydrogens (tertiary/aromatic N) is 4. The smallest absolute Gasteiger partial charge is 0.333 e. The van der Waals surface area contributed by atoms with Crippen LogP contribution in [0.25, 0.3) is 0 Å². The van der Waals surface area contributed by atoms with E-state index in [-0.39, 0.29) is 30.7 Å². The summed E-state index contributed by atoms with van der Waals surface area (Å²) in [6, 6.07) is 0. The van der Waals surface area contributed by atoms with Gasteiger partial charge in [-0.15, -0.1) is 10.2 Å². The number of aromatic nitrogens is 3. The first kappa shape index (κ1) is 14.0. The van der Waals surface area contributed by atoms with E-state index in [9.17, 15) is 18.0 Å². The monoisotopic (exact) mass is 314 g/mol. The fourth-order valence-electron chi connectivity index (χ4n) is 4.34. The van der Waals surface area contributed by atoms with Gasteiger partial charge in [0.25, 0.3) is 0 Å². The standard InChI is InChI=1S/C14H17F3N4O/c15-14(16,17)13-19-18-11-7-20(3-4-21(11)13)12(22)10-6-8-1-2-9(10)5-8/h8-10H,1-7H2. The van der Waals surface area contributed by atoms with Crippen LogP contribution in [0.3, 0.4) is 0 Å². The third-order valence-corrected chi connectivity index (χ3v) is 5.37. The third kappa shape index (κ3) is 2.11. The molecule has 8 heteroatoms. The van der Waals surface area contributed by atoms with E-state index in [0.29, 0.717) is 18.4 Å². The molecule has 2 fully saturated rings. The Kier molecular flexibility index (Phi) is 2.99. The van der Waals surface area contributed by atoms with E-state index in [1.54, 1.807) is 4.90 Å². The van der Waals surface area contributed by atoms with Gasteiger partial charge in [-0.25, -0.2) is 0 Å². The molecule has 0 spiro atoms. The van der Waals surface area contributed by atoms with E-state index >= 15 is 0 Å². The molecule has 1 amide bonds. The lowest BCUT2D eigenvalue weighted by Gasteiger charge is -2.32. The van der Waals surface area contributed by atoms with Crippen molar-refractivity contribution in [2.45, 2.75) is 44.9 Å². The van der Waals surface area contributed by atoms with Gasteiger partial charge in [-0.2, -0.15) is 13.2 Å². The van der Waals surface area contributed by atoms with Crippen LogP contribution in [0.1, 0.15) is 37.3 Å². The molecule has 0 radical (unpaired) electrons. The van der Waals surface area contributed by atoms with Crippen LogP contribution in [-0.4, -0.2) is 32.1 Å². The summed E-state index contributed by atoms with van der Waals surface area (Å²) in [5, 5.41) is 6.88. The number of amides is 1. The van der Waals surface area contributed by atoms with Crippen molar-refractivity contribution in [2.24, 2.45) is 17.8 Å². The maximum absolute atomic E-state index is 12.8. The van der Waals surface area contributed by atoms with Gasteiger partial charge in [0.1, 0.15) is 0 Å². The van der Waals surface area contributed by atoms with E-state index in [1.807, 2.05) is 0 Å². The molecule has 0 saturated heterocycles. The Morgan fingerprint density at radius 2 is 1.95 bits per heavy atom. The molecule has 2 aliphatic carbocycles. The zero-order valence-electron chi connectivity index (χ0n) is 12.0. The van der Waals surface area contributed by atoms with Crippen LogP contribution >= 0.6 is 0 Å². The van der Waals surface area contributed by atoms with Crippen molar-refractivity contribution in [1.82, 2.24) is 19.7 Å². The van der Waals surface area contributed by atoms with Gasteiger partial charge < -0.3 is 9.47 Å². The first-order valence-electron chi connectivity index (χ1n) is 7.71. The molecule has 0 aromatic carbocycles. The fraction of sp³-hybridized carbons (Fsp3) is 0.786. The number of fused-ring (bicyclic) bond motifs is 3. The minimum atomic E-state index is -4.50. The first-order valence-corrected chi connectivity index (χ1v) is 7.71. The summed E-state index contributed by atoms with van der Waals surface area (Å²) in [6.07, 6.45) is -0.0811. The second kappa shape index (κ2) is 4.70. The average Bonchev–Trinajstić information content (AvgIpc) is 3.18. The topological polar surface area (TPSA) is 51.0 Å². The molecule has 1 aromatic rings. The SMILES string of the molecule is O=C(C1CC2CCC1C2)N1CCn2c(nnc2C(F)(F)F)C1. The van der Waals surface area contributed by atoms with Gasteiger partial charge in [0, 0.05) is 19.0 Å². The van der Waals surface area contributed by atoms with Gasteiger partial charge in [0.15, 0.2) is 5.82 Å². The van der Waals surface area contributed by atoms with Gasteiger partial charge in [-0.1, -0.05) is 6.42 Å². The van der Waals surface area contributed by atoms with Gasteiger partial charge in [-0.05, 0) is 31.1 Å². The summed E-state index contributed by atoms with van der Waals surface area (Å²) in [6.45, 7) is 0.556. The van der Waals surface area contributed by atoms with Crippen LogP contribution in [0.15, 0.2) is 0 Å². The van der Waals surface area contributed by atoms with E-state index in [4.69, 9.17) is 0 Å². The lowest BCUT2D eigenvalue weighted by atomic mass is 9.87. The van der Waals surface area contributed by atoms with E-state index in [2.05, 4.69) is 10.2 Å². The summed E-state index contributed by atoms with van der Waals surface area (Å²) < 4.78 is 39.5. The molecule has 2 bridgehead atoms. The molecule has 22 heavy (non-hydrogen) atoms. The number of halogens is 3. The lowest BCUT2D eigenvalue weighted by molar-refractivity contribution is -0.148. The molecule has 2 saturated carbocycles. The predicted molar refractivity (Wildman–Crippen MR) is 69.4 cm³/mol. The van der Waals surface area contributed by atoms with E-state index < -0.39 is 12.0 Å². The Morgan fingerprint density at radius 3 is 2.59 bits per heavy atom. The quantitative estimate of drug-likeness (QED) is 0.797. The summed E-state index contributed by atoms with van der Waals surface area (Å²) in [5.41, 5.74) is 0. The van der Waals surface area contributed by atoms with Crippen LogP contribution in [-0.2, 0) is 24.1 Å². The molecule has 2 heterocycles. The molecule has 3 aliphatic rings. The van der Waals surface area contributed by atoms with Crippen molar-refractivity contribution in [2.75, 3.05) is 6.54 Å². The van der Waals surface area contributed by atoms with Crippen LogP contribution in [0.4, 0.5) is 13.2 Å². The Hall–Kier alpha value is -1.60. The van der Waals surface area contributed by atoms with Gasteiger partial charge in [0.05, 0.1) is 6.54 Å². The molecular weight excluding hydrogens is 297 g/mol. The second-order valence-electron chi connectivity index (χ2n) is 6.63. The van der Waals surface area contributed by atoms with Crippen LogP contribution in [0.5, 0.6) is 0 Å². The fourth-order valence-corrected chi connectivity index (χ4v) is 4.34. The van der Waals surface area contributed by atoms with E-state index in [1.165, 1.54) is 6.42 Å². The first-order chi connectivity index (χ1) is 10.4. The van der Waals surface area contributed by atoms with Gasteiger partial charge in [-0.3, -0.25) is 4.79 Å². The highest BCUT2D eigenvalue weighted by atomic mass is 19.4. The maximum atomic E-state index is 12.8. The number of rotatable bonds is 1. The van der Waals surface area contributed by atoms with Crippen LogP contribution in [0.2, 0.25) is 0 Å². The maximum Gasteiger partial charge on any atom is 0.451 e. The molecule has 3 atom stereocenters. The Labute approximate surface area is 125 Å². The minimum Gasteiger partial charge on any atom is -0.333 e. The zero-order valence-corrected chi connectivity index (χ0v) is 12.0. The third-order valence-electron chi connectivity index (χ3n) is 5.37.